The van der Waals surface area contributed by atoms with Crippen LogP contribution in [0.1, 0.15) is 37.0 Å². The zero-order valence-corrected chi connectivity index (χ0v) is 16.8. The van der Waals surface area contributed by atoms with Crippen molar-refractivity contribution < 1.29 is 9.47 Å². The van der Waals surface area contributed by atoms with Gasteiger partial charge in [0.2, 0.25) is 0 Å². The third-order valence-corrected chi connectivity index (χ3v) is 6.31. The van der Waals surface area contributed by atoms with Crippen molar-refractivity contribution in [1.29, 1.82) is 0 Å². The molecule has 0 aliphatic carbocycles. The molecule has 0 saturated heterocycles. The standard InChI is InChI=1S/C21H28NO2P/c1-6-21(3,18-9-7-8-10-19(18)24-15-23-5)25-20-12-11-16(2)13-17(20)14-22-4/h7-14,25H,6,15H2,1-5H3. The van der Waals surface area contributed by atoms with Gasteiger partial charge in [-0.1, -0.05) is 58.3 Å². The molecule has 0 N–H and O–H groups in total. The molecule has 0 aromatic heterocycles. The van der Waals surface area contributed by atoms with Crippen molar-refractivity contribution in [3.8, 4) is 5.75 Å². The Morgan fingerprint density at radius 1 is 1.20 bits per heavy atom. The molecule has 0 spiro atoms. The van der Waals surface area contributed by atoms with Crippen LogP contribution in [-0.4, -0.2) is 27.2 Å². The Morgan fingerprint density at radius 3 is 2.64 bits per heavy atom. The first-order chi connectivity index (χ1) is 12.0. The molecule has 4 heteroatoms. The summed E-state index contributed by atoms with van der Waals surface area (Å²) >= 11 is 0. The minimum atomic E-state index is -0.00404. The minimum Gasteiger partial charge on any atom is -0.467 e. The van der Waals surface area contributed by atoms with Gasteiger partial charge in [-0.05, 0) is 36.3 Å². The average Bonchev–Trinajstić information content (AvgIpc) is 2.62. The lowest BCUT2D eigenvalue weighted by molar-refractivity contribution is 0.0500. The van der Waals surface area contributed by atoms with Crippen LogP contribution in [-0.2, 0) is 9.89 Å². The number of hydrogen-bond acceptors (Lipinski definition) is 3. The van der Waals surface area contributed by atoms with E-state index >= 15 is 0 Å². The maximum absolute atomic E-state index is 5.82. The fourth-order valence-corrected chi connectivity index (χ4v) is 4.42. The largest absolute Gasteiger partial charge is 0.467 e. The number of nitrogens with zero attached hydrogens (tertiary/aromatic N) is 1. The molecule has 2 unspecified atom stereocenters. The maximum atomic E-state index is 5.82. The molecule has 0 bridgehead atoms. The van der Waals surface area contributed by atoms with E-state index in [4.69, 9.17) is 9.47 Å². The lowest BCUT2D eigenvalue weighted by atomic mass is 9.96. The lowest BCUT2D eigenvalue weighted by Crippen LogP contribution is -2.21. The maximum Gasteiger partial charge on any atom is 0.188 e. The van der Waals surface area contributed by atoms with Crippen molar-refractivity contribution in [3.63, 3.8) is 0 Å². The summed E-state index contributed by atoms with van der Waals surface area (Å²) in [7, 11) is 4.09. The summed E-state index contributed by atoms with van der Waals surface area (Å²) in [4.78, 5) is 4.23. The number of aryl methyl sites for hydroxylation is 1. The van der Waals surface area contributed by atoms with Crippen molar-refractivity contribution in [1.82, 2.24) is 0 Å². The minimum absolute atomic E-state index is 0.00404. The normalized spacial score (nSPS) is 14.3. The van der Waals surface area contributed by atoms with Gasteiger partial charge in [0.05, 0.1) is 0 Å². The van der Waals surface area contributed by atoms with E-state index in [1.807, 2.05) is 25.4 Å². The summed E-state index contributed by atoms with van der Waals surface area (Å²) in [5.41, 5.74) is 3.69. The molecule has 0 heterocycles. The van der Waals surface area contributed by atoms with E-state index < -0.39 is 0 Å². The molecule has 0 radical (unpaired) electrons. The zero-order valence-electron chi connectivity index (χ0n) is 15.8. The summed E-state index contributed by atoms with van der Waals surface area (Å²) < 4.78 is 10.9. The summed E-state index contributed by atoms with van der Waals surface area (Å²) in [6, 6.07) is 14.9. The van der Waals surface area contributed by atoms with Crippen molar-refractivity contribution in [2.75, 3.05) is 21.0 Å². The summed E-state index contributed by atoms with van der Waals surface area (Å²) in [6.45, 7) is 6.93. The number of benzene rings is 2. The third kappa shape index (κ3) is 4.90. The molecule has 2 aromatic carbocycles. The van der Waals surface area contributed by atoms with Gasteiger partial charge in [-0.2, -0.15) is 0 Å². The van der Waals surface area contributed by atoms with Crippen LogP contribution in [0.2, 0.25) is 0 Å². The monoisotopic (exact) mass is 357 g/mol. The van der Waals surface area contributed by atoms with Crippen molar-refractivity contribution in [2.45, 2.75) is 32.3 Å². The van der Waals surface area contributed by atoms with Crippen LogP contribution in [0.15, 0.2) is 47.5 Å². The molecule has 3 nitrogen and oxygen atoms in total. The molecule has 2 aromatic rings. The smallest absolute Gasteiger partial charge is 0.188 e. The summed E-state index contributed by atoms with van der Waals surface area (Å²) in [5, 5.41) is 1.33. The van der Waals surface area contributed by atoms with Crippen LogP contribution in [0.3, 0.4) is 0 Å². The summed E-state index contributed by atoms with van der Waals surface area (Å²) in [5.74, 6) is 0.902. The van der Waals surface area contributed by atoms with Crippen LogP contribution in [0.5, 0.6) is 5.75 Å². The van der Waals surface area contributed by atoms with Gasteiger partial charge < -0.3 is 9.47 Å². The van der Waals surface area contributed by atoms with Gasteiger partial charge in [0.15, 0.2) is 6.79 Å². The van der Waals surface area contributed by atoms with Crippen LogP contribution in [0, 0.1) is 6.92 Å². The van der Waals surface area contributed by atoms with Crippen molar-refractivity contribution >= 4 is 20.1 Å². The lowest BCUT2D eigenvalue weighted by Gasteiger charge is -2.31. The Hall–Kier alpha value is -1.70. The highest BCUT2D eigenvalue weighted by atomic mass is 31.1. The second kappa shape index (κ2) is 9.12. The van der Waals surface area contributed by atoms with Gasteiger partial charge in [-0.3, -0.25) is 4.99 Å². The van der Waals surface area contributed by atoms with Crippen LogP contribution < -0.4 is 10.0 Å². The van der Waals surface area contributed by atoms with E-state index in [-0.39, 0.29) is 11.9 Å². The van der Waals surface area contributed by atoms with Crippen LogP contribution in [0.25, 0.3) is 0 Å². The molecule has 2 rings (SSSR count). The first-order valence-electron chi connectivity index (χ1n) is 8.56. The topological polar surface area (TPSA) is 30.8 Å². The summed E-state index contributed by atoms with van der Waals surface area (Å²) in [6.07, 6.45) is 2.98. The van der Waals surface area contributed by atoms with Crippen LogP contribution >= 0.6 is 8.58 Å². The van der Waals surface area contributed by atoms with E-state index in [1.165, 1.54) is 22.0 Å². The Kier molecular flexibility index (Phi) is 7.16. The third-order valence-electron chi connectivity index (χ3n) is 4.41. The van der Waals surface area contributed by atoms with E-state index in [9.17, 15) is 0 Å². The highest BCUT2D eigenvalue weighted by Gasteiger charge is 2.29. The Labute approximate surface area is 153 Å². The molecule has 0 saturated carbocycles. The van der Waals surface area contributed by atoms with Gasteiger partial charge in [-0.25, -0.2) is 0 Å². The van der Waals surface area contributed by atoms with Crippen molar-refractivity contribution in [2.24, 2.45) is 4.99 Å². The van der Waals surface area contributed by atoms with Gasteiger partial charge in [0.1, 0.15) is 5.75 Å². The van der Waals surface area contributed by atoms with E-state index in [2.05, 4.69) is 56.1 Å². The zero-order chi connectivity index (χ0) is 18.3. The molecule has 0 aliphatic rings. The van der Waals surface area contributed by atoms with Gasteiger partial charge >= 0.3 is 0 Å². The Morgan fingerprint density at radius 2 is 1.96 bits per heavy atom. The highest BCUT2D eigenvalue weighted by molar-refractivity contribution is 7.48. The molecule has 0 fully saturated rings. The number of rotatable bonds is 8. The van der Waals surface area contributed by atoms with Gasteiger partial charge in [-0.15, -0.1) is 0 Å². The average molecular weight is 357 g/mol. The number of ether oxygens (including phenoxy) is 2. The molecule has 25 heavy (non-hydrogen) atoms. The van der Waals surface area contributed by atoms with Crippen molar-refractivity contribution in [3.05, 3.63) is 59.2 Å². The quantitative estimate of drug-likeness (QED) is 0.391. The molecule has 0 amide bonds. The molecular formula is C21H28NO2P. The fraction of sp³-hybridized carbons (Fsp3) is 0.381. The van der Waals surface area contributed by atoms with E-state index in [1.54, 1.807) is 7.11 Å². The first-order valence-corrected chi connectivity index (χ1v) is 9.56. The Balaban J connectivity index is 2.42. The number of aliphatic imine (C=N–C) groups is 1. The molecule has 134 valence electrons. The number of para-hydroxylation sites is 1. The number of methoxy groups -OCH3 is 1. The molecule has 2 atom stereocenters. The number of hydrogen-bond donors (Lipinski definition) is 0. The van der Waals surface area contributed by atoms with Crippen LogP contribution in [0.4, 0.5) is 0 Å². The predicted octanol–water partition coefficient (Wildman–Crippen LogP) is 4.66. The highest BCUT2D eigenvalue weighted by Crippen LogP contribution is 2.47. The SMILES string of the molecule is CCC(C)(Pc1ccc(C)cc1C=NC)c1ccccc1OCOC. The van der Waals surface area contributed by atoms with E-state index in [0.29, 0.717) is 8.58 Å². The van der Waals surface area contributed by atoms with Gasteiger partial charge in [0, 0.05) is 31.1 Å². The van der Waals surface area contributed by atoms with E-state index in [0.717, 1.165) is 12.2 Å². The fourth-order valence-electron chi connectivity index (χ4n) is 2.86. The Bertz CT molecular complexity index is 730. The second-order valence-corrected chi connectivity index (χ2v) is 8.23. The molecule has 0 aliphatic heterocycles. The molecular weight excluding hydrogens is 329 g/mol. The second-order valence-electron chi connectivity index (χ2n) is 6.34. The first kappa shape index (κ1) is 19.6. The predicted molar refractivity (Wildman–Crippen MR) is 109 cm³/mol. The van der Waals surface area contributed by atoms with Gasteiger partial charge in [0.25, 0.3) is 0 Å².